The Bertz CT molecular complexity index is 1120. The first-order chi connectivity index (χ1) is 14.6. The number of carbonyl (C=O) groups excluding carboxylic acids is 1. The van der Waals surface area contributed by atoms with E-state index < -0.39 is 15.6 Å². The van der Waals surface area contributed by atoms with E-state index in [1.165, 1.54) is 30.3 Å². The highest BCUT2D eigenvalue weighted by Crippen LogP contribution is 2.34. The van der Waals surface area contributed by atoms with Crippen LogP contribution < -0.4 is 15.8 Å². The lowest BCUT2D eigenvalue weighted by atomic mass is 9.97. The number of nitrogens with zero attached hydrogens (tertiary/aromatic N) is 2. The molecular formula is C19H26Cl2N6O4S. The van der Waals surface area contributed by atoms with E-state index in [9.17, 15) is 13.2 Å². The topological polar surface area (TPSA) is 162 Å². The molecule has 13 heteroatoms. The van der Waals surface area contributed by atoms with Crippen LogP contribution in [0.25, 0.3) is 10.8 Å². The Morgan fingerprint density at radius 1 is 1.34 bits per heavy atom. The molecule has 1 fully saturated rings. The first-order valence-corrected chi connectivity index (χ1v) is 11.6. The van der Waals surface area contributed by atoms with Gasteiger partial charge >= 0.3 is 0 Å². The highest BCUT2D eigenvalue weighted by atomic mass is 35.5. The number of rotatable bonds is 7. The molecule has 1 heterocycles. The largest absolute Gasteiger partial charge is 0.395 e. The van der Waals surface area contributed by atoms with Gasteiger partial charge in [-0.15, -0.1) is 12.4 Å². The summed E-state index contributed by atoms with van der Waals surface area (Å²) in [5.41, 5.74) is 4.14. The van der Waals surface area contributed by atoms with Gasteiger partial charge in [0.15, 0.2) is 5.96 Å². The highest BCUT2D eigenvalue weighted by molar-refractivity contribution is 7.89. The van der Waals surface area contributed by atoms with Crippen LogP contribution in [0.5, 0.6) is 0 Å². The molecule has 1 aromatic heterocycles. The fourth-order valence-electron chi connectivity index (χ4n) is 3.85. The number of sulfonamides is 1. The number of guanidine groups is 1. The van der Waals surface area contributed by atoms with Crippen molar-refractivity contribution in [2.45, 2.75) is 36.1 Å². The SMILES string of the molecule is CN(CCO)C(=O)C1(NS(=O)(=O)c2ccc3c(Cl)cnc(NC(=N)N)c3c2)CCCC1.Cl. The minimum absolute atomic E-state index is 0. The molecule has 0 saturated heterocycles. The Morgan fingerprint density at radius 3 is 2.59 bits per heavy atom. The number of halogens is 2. The summed E-state index contributed by atoms with van der Waals surface area (Å²) in [4.78, 5) is 18.4. The molecule has 10 nitrogen and oxygen atoms in total. The summed E-state index contributed by atoms with van der Waals surface area (Å²) in [7, 11) is -2.55. The van der Waals surface area contributed by atoms with E-state index in [0.717, 1.165) is 0 Å². The molecule has 1 amide bonds. The van der Waals surface area contributed by atoms with Gasteiger partial charge in [0, 0.05) is 30.6 Å². The van der Waals surface area contributed by atoms with E-state index in [0.29, 0.717) is 41.5 Å². The number of likely N-dealkylation sites (N-methyl/N-ethyl adjacent to an activating group) is 1. The molecule has 0 aliphatic heterocycles. The lowest BCUT2D eigenvalue weighted by Crippen LogP contribution is -2.57. The van der Waals surface area contributed by atoms with Gasteiger partial charge in [0.05, 0.1) is 16.5 Å². The van der Waals surface area contributed by atoms with Crippen molar-refractivity contribution < 1.29 is 18.3 Å². The molecule has 1 aliphatic carbocycles. The molecule has 0 spiro atoms. The van der Waals surface area contributed by atoms with Crippen LogP contribution in [0.4, 0.5) is 5.82 Å². The maximum absolute atomic E-state index is 13.3. The van der Waals surface area contributed by atoms with Gasteiger partial charge in [-0.05, 0) is 25.0 Å². The van der Waals surface area contributed by atoms with E-state index in [4.69, 9.17) is 27.9 Å². The number of nitrogens with two attached hydrogens (primary N) is 1. The summed E-state index contributed by atoms with van der Waals surface area (Å²) in [5.74, 6) is -0.532. The van der Waals surface area contributed by atoms with Crippen LogP contribution in [0.3, 0.4) is 0 Å². The Morgan fingerprint density at radius 2 is 2.00 bits per heavy atom. The molecule has 0 radical (unpaired) electrons. The second kappa shape index (κ2) is 10.2. The van der Waals surface area contributed by atoms with Crippen LogP contribution >= 0.6 is 24.0 Å². The van der Waals surface area contributed by atoms with Gasteiger partial charge in [0.1, 0.15) is 11.4 Å². The molecule has 1 aliphatic rings. The molecule has 1 aromatic carbocycles. The molecule has 1 saturated carbocycles. The van der Waals surface area contributed by atoms with Crippen LogP contribution in [0.15, 0.2) is 29.3 Å². The van der Waals surface area contributed by atoms with E-state index >= 15 is 0 Å². The standard InChI is InChI=1S/C19H25ClN6O4S.ClH/c1-26(8-9-27)17(28)19(6-2-3-7-19)25-31(29,30)12-4-5-13-14(10-12)16(24-18(21)22)23-11-15(13)20;/h4-5,10-11,25,27H,2-3,6-9H2,1H3,(H4,21,22,23,24);1H. The van der Waals surface area contributed by atoms with E-state index in [1.54, 1.807) is 6.07 Å². The van der Waals surface area contributed by atoms with Crippen LogP contribution in [0.1, 0.15) is 25.7 Å². The third-order valence-corrected chi connectivity index (χ3v) is 7.19. The Hall–Kier alpha value is -2.18. The molecule has 0 atom stereocenters. The van der Waals surface area contributed by atoms with Crippen molar-refractivity contribution in [1.82, 2.24) is 14.6 Å². The Balaban J connectivity index is 0.00000363. The first kappa shape index (κ1) is 26.1. The summed E-state index contributed by atoms with van der Waals surface area (Å²) in [6.07, 6.45) is 3.55. The molecule has 0 unspecified atom stereocenters. The maximum Gasteiger partial charge on any atom is 0.243 e. The fourth-order valence-corrected chi connectivity index (χ4v) is 5.51. The number of aliphatic hydroxyl groups excluding tert-OH is 1. The minimum Gasteiger partial charge on any atom is -0.395 e. The first-order valence-electron chi connectivity index (χ1n) is 9.69. The second-order valence-electron chi connectivity index (χ2n) is 7.55. The van der Waals surface area contributed by atoms with Crippen molar-refractivity contribution in [3.05, 3.63) is 29.4 Å². The van der Waals surface area contributed by atoms with Gasteiger partial charge in [-0.3, -0.25) is 10.2 Å². The van der Waals surface area contributed by atoms with Crippen molar-refractivity contribution in [2.24, 2.45) is 5.73 Å². The van der Waals surface area contributed by atoms with Gasteiger partial charge in [0.25, 0.3) is 0 Å². The average molecular weight is 505 g/mol. The number of hydrogen-bond acceptors (Lipinski definition) is 6. The number of hydrogen-bond donors (Lipinski definition) is 5. The lowest BCUT2D eigenvalue weighted by molar-refractivity contribution is -0.136. The number of aliphatic hydroxyl groups is 1. The number of anilines is 1. The van der Waals surface area contributed by atoms with E-state index in [1.807, 2.05) is 0 Å². The predicted octanol–water partition coefficient (Wildman–Crippen LogP) is 1.66. The lowest BCUT2D eigenvalue weighted by Gasteiger charge is -2.32. The fraction of sp³-hybridized carbons (Fsp3) is 0.421. The van der Waals surface area contributed by atoms with Gasteiger partial charge in [-0.25, -0.2) is 13.4 Å². The summed E-state index contributed by atoms with van der Waals surface area (Å²) < 4.78 is 29.2. The summed E-state index contributed by atoms with van der Waals surface area (Å²) in [5, 5.41) is 20.4. The van der Waals surface area contributed by atoms with Gasteiger partial charge < -0.3 is 21.1 Å². The average Bonchev–Trinajstić information content (AvgIpc) is 3.18. The third kappa shape index (κ3) is 5.24. The Labute approximate surface area is 197 Å². The molecule has 2 aromatic rings. The number of fused-ring (bicyclic) bond motifs is 1. The quantitative estimate of drug-likeness (QED) is 0.282. The second-order valence-corrected chi connectivity index (χ2v) is 9.64. The van der Waals surface area contributed by atoms with Gasteiger partial charge in [-0.1, -0.05) is 30.5 Å². The zero-order valence-corrected chi connectivity index (χ0v) is 19.8. The van der Waals surface area contributed by atoms with Crippen molar-refractivity contribution in [1.29, 1.82) is 5.41 Å². The maximum atomic E-state index is 13.3. The number of aromatic nitrogens is 1. The number of pyridine rings is 1. The van der Waals surface area contributed by atoms with E-state index in [2.05, 4.69) is 15.0 Å². The summed E-state index contributed by atoms with van der Waals surface area (Å²) in [6.45, 7) is -0.0992. The summed E-state index contributed by atoms with van der Waals surface area (Å²) in [6, 6.07) is 4.32. The molecule has 0 bridgehead atoms. The van der Waals surface area contributed by atoms with Crippen LogP contribution in [0, 0.1) is 5.41 Å². The smallest absolute Gasteiger partial charge is 0.243 e. The zero-order valence-electron chi connectivity index (χ0n) is 17.4. The van der Waals surface area contributed by atoms with Crippen molar-refractivity contribution >= 4 is 62.5 Å². The summed E-state index contributed by atoms with van der Waals surface area (Å²) >= 11 is 6.19. The molecule has 6 N–H and O–H groups in total. The number of nitrogens with one attached hydrogen (secondary N) is 3. The predicted molar refractivity (Wildman–Crippen MR) is 126 cm³/mol. The zero-order chi connectivity index (χ0) is 22.8. The van der Waals surface area contributed by atoms with Crippen LogP contribution in [-0.2, 0) is 14.8 Å². The van der Waals surface area contributed by atoms with Crippen molar-refractivity contribution in [2.75, 3.05) is 25.5 Å². The normalized spacial score (nSPS) is 15.2. The van der Waals surface area contributed by atoms with Crippen LogP contribution in [0.2, 0.25) is 5.02 Å². The third-order valence-electron chi connectivity index (χ3n) is 5.35. The van der Waals surface area contributed by atoms with Gasteiger partial charge in [0.2, 0.25) is 15.9 Å². The Kier molecular flexibility index (Phi) is 8.29. The molecule has 32 heavy (non-hydrogen) atoms. The number of carbonyl (C=O) groups is 1. The van der Waals surface area contributed by atoms with E-state index in [-0.39, 0.29) is 48.1 Å². The molecule has 176 valence electrons. The van der Waals surface area contributed by atoms with Crippen molar-refractivity contribution in [3.63, 3.8) is 0 Å². The monoisotopic (exact) mass is 504 g/mol. The number of benzene rings is 1. The minimum atomic E-state index is -4.09. The van der Waals surface area contributed by atoms with Crippen molar-refractivity contribution in [3.8, 4) is 0 Å². The number of amides is 1. The highest BCUT2D eigenvalue weighted by Gasteiger charge is 2.45. The van der Waals surface area contributed by atoms with Crippen LogP contribution in [-0.4, -0.2) is 61.0 Å². The van der Waals surface area contributed by atoms with Gasteiger partial charge in [-0.2, -0.15) is 4.72 Å². The molecule has 3 rings (SSSR count). The molecular weight excluding hydrogens is 479 g/mol.